The molecule has 33 heavy (non-hydrogen) atoms. The molecule has 0 radical (unpaired) electrons. The third-order valence-corrected chi connectivity index (χ3v) is 7.36. The van der Waals surface area contributed by atoms with Crippen molar-refractivity contribution < 1.29 is 4.39 Å². The van der Waals surface area contributed by atoms with Crippen molar-refractivity contribution in [3.05, 3.63) is 69.5 Å². The molecule has 2 saturated carbocycles. The Kier molecular flexibility index (Phi) is 6.13. The maximum atomic E-state index is 13.6. The molecule has 5 nitrogen and oxygen atoms in total. The van der Waals surface area contributed by atoms with Gasteiger partial charge in [0, 0.05) is 17.6 Å². The highest BCUT2D eigenvalue weighted by atomic mass is 19.1. The molecule has 0 atom stereocenters. The standard InChI is InChI=1S/C27H29FN4O/c28-20-9-10-22(30-15-20)16-31-21-11-12-23-25(13-21)32(17-18-5-1-2-6-18)27(33)24(14-29)26(23)19-7-3-4-8-19/h9-13,15,18-19,31H,1-8,16-17H2. The second-order valence-electron chi connectivity index (χ2n) is 9.50. The molecule has 1 aromatic carbocycles. The fourth-order valence-electron chi connectivity index (χ4n) is 5.67. The van der Waals surface area contributed by atoms with Crippen LogP contribution in [0.3, 0.4) is 0 Å². The van der Waals surface area contributed by atoms with Crippen molar-refractivity contribution in [3.63, 3.8) is 0 Å². The lowest BCUT2D eigenvalue weighted by atomic mass is 9.90. The van der Waals surface area contributed by atoms with Gasteiger partial charge < -0.3 is 9.88 Å². The van der Waals surface area contributed by atoms with E-state index in [9.17, 15) is 14.4 Å². The van der Waals surface area contributed by atoms with Crippen molar-refractivity contribution in [2.45, 2.75) is 70.4 Å². The Morgan fingerprint density at radius 1 is 1.09 bits per heavy atom. The fraction of sp³-hybridized carbons (Fsp3) is 0.444. The molecular formula is C27H29FN4O. The molecule has 0 amide bonds. The number of nitrogens with one attached hydrogen (secondary N) is 1. The molecular weight excluding hydrogens is 415 g/mol. The molecule has 2 aromatic heterocycles. The number of rotatable bonds is 6. The average Bonchev–Trinajstić information content (AvgIpc) is 3.54. The van der Waals surface area contributed by atoms with Gasteiger partial charge in [0.15, 0.2) is 0 Å². The summed E-state index contributed by atoms with van der Waals surface area (Å²) in [5.41, 5.74) is 3.68. The zero-order chi connectivity index (χ0) is 22.8. The number of aromatic nitrogens is 2. The Hall–Kier alpha value is -3.20. The number of hydrogen-bond donors (Lipinski definition) is 1. The number of anilines is 1. The number of fused-ring (bicyclic) bond motifs is 1. The summed E-state index contributed by atoms with van der Waals surface area (Å²) in [7, 11) is 0. The molecule has 0 saturated heterocycles. The lowest BCUT2D eigenvalue weighted by Crippen LogP contribution is -2.28. The van der Waals surface area contributed by atoms with Gasteiger partial charge in [0.05, 0.1) is 24.0 Å². The molecule has 2 aliphatic rings. The van der Waals surface area contributed by atoms with E-state index in [1.54, 1.807) is 6.07 Å². The summed E-state index contributed by atoms with van der Waals surface area (Å²) in [6.45, 7) is 1.13. The molecule has 6 heteroatoms. The van der Waals surface area contributed by atoms with E-state index < -0.39 is 0 Å². The predicted molar refractivity (Wildman–Crippen MR) is 128 cm³/mol. The quantitative estimate of drug-likeness (QED) is 0.516. The highest BCUT2D eigenvalue weighted by Crippen LogP contribution is 2.39. The van der Waals surface area contributed by atoms with E-state index in [2.05, 4.69) is 22.4 Å². The summed E-state index contributed by atoms with van der Waals surface area (Å²) in [6, 6.07) is 11.5. The zero-order valence-corrected chi connectivity index (χ0v) is 18.8. The predicted octanol–water partition coefficient (Wildman–Crippen LogP) is 5.87. The number of pyridine rings is 2. The molecule has 3 aromatic rings. The molecule has 2 aliphatic carbocycles. The van der Waals surface area contributed by atoms with Crippen LogP contribution in [0.15, 0.2) is 41.3 Å². The first-order valence-electron chi connectivity index (χ1n) is 12.1. The van der Waals surface area contributed by atoms with Crippen LogP contribution in [0.25, 0.3) is 10.9 Å². The van der Waals surface area contributed by atoms with Crippen LogP contribution in [0.4, 0.5) is 10.1 Å². The Bertz CT molecular complexity index is 1250. The lowest BCUT2D eigenvalue weighted by molar-refractivity contribution is 0.457. The smallest absolute Gasteiger partial charge is 0.269 e. The zero-order valence-electron chi connectivity index (χ0n) is 18.8. The second kappa shape index (κ2) is 9.35. The topological polar surface area (TPSA) is 70.7 Å². The summed E-state index contributed by atoms with van der Waals surface area (Å²) in [5.74, 6) is 0.404. The first kappa shape index (κ1) is 21.6. The Morgan fingerprint density at radius 3 is 2.55 bits per heavy atom. The van der Waals surface area contributed by atoms with Crippen LogP contribution in [0, 0.1) is 23.1 Å². The van der Waals surface area contributed by atoms with E-state index in [1.165, 1.54) is 25.1 Å². The van der Waals surface area contributed by atoms with Gasteiger partial charge in [-0.25, -0.2) is 4.39 Å². The minimum atomic E-state index is -0.354. The first-order chi connectivity index (χ1) is 16.1. The molecule has 0 unspecified atom stereocenters. The molecule has 0 aliphatic heterocycles. The van der Waals surface area contributed by atoms with E-state index in [4.69, 9.17) is 0 Å². The van der Waals surface area contributed by atoms with Gasteiger partial charge in [0.1, 0.15) is 17.4 Å². The maximum absolute atomic E-state index is 13.6. The Balaban J connectivity index is 1.58. The van der Waals surface area contributed by atoms with E-state index in [0.29, 0.717) is 24.6 Å². The summed E-state index contributed by atoms with van der Waals surface area (Å²) in [5, 5.41) is 14.4. The second-order valence-corrected chi connectivity index (χ2v) is 9.50. The molecule has 0 spiro atoms. The number of benzene rings is 1. The van der Waals surface area contributed by atoms with Crippen molar-refractivity contribution in [2.24, 2.45) is 5.92 Å². The molecule has 5 rings (SSSR count). The van der Waals surface area contributed by atoms with Gasteiger partial charge in [0.2, 0.25) is 0 Å². The summed E-state index contributed by atoms with van der Waals surface area (Å²) in [6.07, 6.45) is 10.3. The minimum absolute atomic E-state index is 0.142. The largest absolute Gasteiger partial charge is 0.379 e. The van der Waals surface area contributed by atoms with Crippen LogP contribution in [-0.2, 0) is 13.1 Å². The summed E-state index contributed by atoms with van der Waals surface area (Å²) >= 11 is 0. The average molecular weight is 445 g/mol. The first-order valence-corrected chi connectivity index (χ1v) is 12.1. The molecule has 1 N–H and O–H groups in total. The Morgan fingerprint density at radius 2 is 1.85 bits per heavy atom. The summed E-state index contributed by atoms with van der Waals surface area (Å²) in [4.78, 5) is 17.7. The highest BCUT2D eigenvalue weighted by Gasteiger charge is 2.27. The molecule has 0 bridgehead atoms. The number of hydrogen-bond acceptors (Lipinski definition) is 4. The molecule has 2 heterocycles. The van der Waals surface area contributed by atoms with Gasteiger partial charge in [0.25, 0.3) is 5.56 Å². The van der Waals surface area contributed by atoms with E-state index in [-0.39, 0.29) is 17.3 Å². The van der Waals surface area contributed by atoms with Crippen molar-refractivity contribution in [3.8, 4) is 6.07 Å². The monoisotopic (exact) mass is 444 g/mol. The summed E-state index contributed by atoms with van der Waals surface area (Å²) < 4.78 is 15.0. The normalized spacial score (nSPS) is 17.0. The number of halogens is 1. The van der Waals surface area contributed by atoms with Crippen LogP contribution in [0.5, 0.6) is 0 Å². The number of nitriles is 1. The van der Waals surface area contributed by atoms with Crippen LogP contribution in [-0.4, -0.2) is 9.55 Å². The van der Waals surface area contributed by atoms with E-state index >= 15 is 0 Å². The highest BCUT2D eigenvalue weighted by molar-refractivity contribution is 5.88. The lowest BCUT2D eigenvalue weighted by Gasteiger charge is -2.21. The van der Waals surface area contributed by atoms with Gasteiger partial charge in [-0.3, -0.25) is 9.78 Å². The van der Waals surface area contributed by atoms with Gasteiger partial charge in [-0.1, -0.05) is 31.7 Å². The van der Waals surface area contributed by atoms with Gasteiger partial charge in [-0.2, -0.15) is 5.26 Å². The van der Waals surface area contributed by atoms with E-state index in [1.807, 2.05) is 16.7 Å². The van der Waals surface area contributed by atoms with Crippen LogP contribution in [0.2, 0.25) is 0 Å². The minimum Gasteiger partial charge on any atom is -0.379 e. The Labute approximate surface area is 193 Å². The third-order valence-electron chi connectivity index (χ3n) is 7.36. The van der Waals surface area contributed by atoms with Crippen LogP contribution < -0.4 is 10.9 Å². The van der Waals surface area contributed by atoms with Gasteiger partial charge in [-0.15, -0.1) is 0 Å². The molecule has 170 valence electrons. The maximum Gasteiger partial charge on any atom is 0.269 e. The molecule has 2 fully saturated rings. The van der Waals surface area contributed by atoms with Crippen LogP contribution >= 0.6 is 0 Å². The SMILES string of the molecule is N#Cc1c(C2CCCC2)c2ccc(NCc3ccc(F)cn3)cc2n(CC2CCCC2)c1=O. The van der Waals surface area contributed by atoms with Crippen LogP contribution in [0.1, 0.15) is 74.1 Å². The van der Waals surface area contributed by atoms with Gasteiger partial charge in [-0.05, 0) is 67.3 Å². The van der Waals surface area contributed by atoms with Crippen molar-refractivity contribution in [1.82, 2.24) is 9.55 Å². The van der Waals surface area contributed by atoms with E-state index in [0.717, 1.165) is 66.4 Å². The number of nitrogens with zero attached hydrogens (tertiary/aromatic N) is 3. The fourth-order valence-corrected chi connectivity index (χ4v) is 5.67. The van der Waals surface area contributed by atoms with Crippen molar-refractivity contribution in [2.75, 3.05) is 5.32 Å². The third kappa shape index (κ3) is 4.37. The van der Waals surface area contributed by atoms with Crippen molar-refractivity contribution >= 4 is 16.6 Å². The van der Waals surface area contributed by atoms with Gasteiger partial charge >= 0.3 is 0 Å². The van der Waals surface area contributed by atoms with Crippen molar-refractivity contribution in [1.29, 1.82) is 5.26 Å².